The molecule has 0 unspecified atom stereocenters. The van der Waals surface area contributed by atoms with Gasteiger partial charge in [0, 0.05) is 28.9 Å². The molecule has 0 aliphatic rings. The van der Waals surface area contributed by atoms with Crippen LogP contribution in [0.5, 0.6) is 28.7 Å². The van der Waals surface area contributed by atoms with Gasteiger partial charge >= 0.3 is 0 Å². The number of methoxy groups -OCH3 is 3. The van der Waals surface area contributed by atoms with Crippen molar-refractivity contribution in [3.05, 3.63) is 47.8 Å². The minimum atomic E-state index is -0.291. The van der Waals surface area contributed by atoms with E-state index in [0.29, 0.717) is 51.5 Å². The number of aromatic nitrogens is 1. The van der Waals surface area contributed by atoms with Crippen molar-refractivity contribution in [3.63, 3.8) is 0 Å². The van der Waals surface area contributed by atoms with Gasteiger partial charge in [-0.25, -0.2) is 0 Å². The number of phenols is 1. The monoisotopic (exact) mass is 383 g/mol. The maximum Gasteiger partial charge on any atom is 0.203 e. The normalized spacial score (nSPS) is 10.6. The summed E-state index contributed by atoms with van der Waals surface area (Å²) in [5.41, 5.74) is 0.683. The Morgan fingerprint density at radius 2 is 1.64 bits per heavy atom. The van der Waals surface area contributed by atoms with Gasteiger partial charge in [0.15, 0.2) is 28.8 Å². The lowest BCUT2D eigenvalue weighted by Gasteiger charge is -2.14. The summed E-state index contributed by atoms with van der Waals surface area (Å²) in [6.45, 7) is 2.24. The van der Waals surface area contributed by atoms with Crippen molar-refractivity contribution in [2.75, 3.05) is 27.9 Å². The fraction of sp³-hybridized carbons (Fsp3) is 0.238. The second kappa shape index (κ2) is 8.04. The molecule has 3 rings (SSSR count). The lowest BCUT2D eigenvalue weighted by molar-refractivity contribution is 0.103. The number of pyridine rings is 1. The number of carbonyl (C=O) groups excluding carboxylic acids is 1. The highest BCUT2D eigenvalue weighted by molar-refractivity contribution is 6.17. The topological polar surface area (TPSA) is 87.1 Å². The van der Waals surface area contributed by atoms with Gasteiger partial charge in [-0.1, -0.05) is 0 Å². The quantitative estimate of drug-likeness (QED) is 0.624. The molecule has 2 aromatic carbocycles. The Balaban J connectivity index is 2.15. The number of aromatic hydroxyl groups is 1. The van der Waals surface area contributed by atoms with E-state index in [4.69, 9.17) is 18.9 Å². The molecule has 0 fully saturated rings. The summed E-state index contributed by atoms with van der Waals surface area (Å²) in [7, 11) is 4.46. The van der Waals surface area contributed by atoms with E-state index < -0.39 is 0 Å². The molecular formula is C21H21NO6. The summed E-state index contributed by atoms with van der Waals surface area (Å²) in [4.78, 5) is 17.3. The molecule has 7 heteroatoms. The highest BCUT2D eigenvalue weighted by Crippen LogP contribution is 2.40. The molecule has 1 N–H and O–H groups in total. The van der Waals surface area contributed by atoms with Crippen LogP contribution in [0.25, 0.3) is 10.8 Å². The zero-order chi connectivity index (χ0) is 20.3. The Morgan fingerprint density at radius 3 is 2.21 bits per heavy atom. The predicted octanol–water partition coefficient (Wildman–Crippen LogP) is 3.60. The van der Waals surface area contributed by atoms with Crippen LogP contribution in [0.15, 0.2) is 36.7 Å². The molecule has 1 heterocycles. The Labute approximate surface area is 162 Å². The molecule has 28 heavy (non-hydrogen) atoms. The molecule has 0 spiro atoms. The SMILES string of the molecule is CCOc1ccc2c(C(=O)c3cc(OC)c(OC)c(OC)c3)cncc2c1O. The van der Waals surface area contributed by atoms with Crippen LogP contribution >= 0.6 is 0 Å². The van der Waals surface area contributed by atoms with Gasteiger partial charge in [0.25, 0.3) is 0 Å². The number of benzene rings is 2. The summed E-state index contributed by atoms with van der Waals surface area (Å²) < 4.78 is 21.4. The van der Waals surface area contributed by atoms with Gasteiger partial charge in [0.2, 0.25) is 5.75 Å². The van der Waals surface area contributed by atoms with Crippen molar-refractivity contribution < 1.29 is 28.8 Å². The summed E-state index contributed by atoms with van der Waals surface area (Å²) >= 11 is 0. The maximum absolute atomic E-state index is 13.2. The van der Waals surface area contributed by atoms with Crippen LogP contribution < -0.4 is 18.9 Å². The molecule has 1 aromatic heterocycles. The maximum atomic E-state index is 13.2. The molecule has 0 bridgehead atoms. The standard InChI is InChI=1S/C21H21NO6/c1-5-28-16-7-6-13-14(10-22-11-15(13)20(16)24)19(23)12-8-17(25-2)21(27-4)18(9-12)26-3/h6-11,24H,5H2,1-4H3. The van der Waals surface area contributed by atoms with Gasteiger partial charge in [-0.05, 0) is 36.6 Å². The number of ketones is 1. The molecule has 0 saturated carbocycles. The summed E-state index contributed by atoms with van der Waals surface area (Å²) in [6.07, 6.45) is 2.97. The van der Waals surface area contributed by atoms with Crippen molar-refractivity contribution in [2.24, 2.45) is 0 Å². The smallest absolute Gasteiger partial charge is 0.203 e. The molecule has 0 aliphatic heterocycles. The molecule has 0 saturated heterocycles. The third-order valence-electron chi connectivity index (χ3n) is 4.35. The zero-order valence-electron chi connectivity index (χ0n) is 16.1. The number of nitrogens with zero attached hydrogens (tertiary/aromatic N) is 1. The molecule has 3 aromatic rings. The lowest BCUT2D eigenvalue weighted by atomic mass is 9.98. The van der Waals surface area contributed by atoms with E-state index in [0.717, 1.165) is 0 Å². The van der Waals surface area contributed by atoms with Crippen molar-refractivity contribution in [1.82, 2.24) is 4.98 Å². The first kappa shape index (κ1) is 19.3. The van der Waals surface area contributed by atoms with Crippen molar-refractivity contribution in [2.45, 2.75) is 6.92 Å². The van der Waals surface area contributed by atoms with Gasteiger partial charge in [-0.15, -0.1) is 0 Å². The van der Waals surface area contributed by atoms with Gasteiger partial charge in [-0.2, -0.15) is 0 Å². The van der Waals surface area contributed by atoms with E-state index in [1.165, 1.54) is 33.7 Å². The van der Waals surface area contributed by atoms with Crippen LogP contribution in [0, 0.1) is 0 Å². The fourth-order valence-corrected chi connectivity index (χ4v) is 3.03. The average molecular weight is 383 g/mol. The van der Waals surface area contributed by atoms with Crippen LogP contribution in [0.3, 0.4) is 0 Å². The van der Waals surface area contributed by atoms with E-state index in [1.54, 1.807) is 24.3 Å². The Kier molecular flexibility index (Phi) is 5.54. The van der Waals surface area contributed by atoms with E-state index in [-0.39, 0.29) is 11.5 Å². The molecule has 0 amide bonds. The lowest BCUT2D eigenvalue weighted by Crippen LogP contribution is -2.05. The summed E-state index contributed by atoms with van der Waals surface area (Å²) in [5, 5.41) is 11.5. The van der Waals surface area contributed by atoms with Crippen LogP contribution in [0.4, 0.5) is 0 Å². The molecule has 0 radical (unpaired) electrons. The van der Waals surface area contributed by atoms with Crippen molar-refractivity contribution in [1.29, 1.82) is 0 Å². The number of fused-ring (bicyclic) bond motifs is 1. The van der Waals surface area contributed by atoms with E-state index >= 15 is 0 Å². The van der Waals surface area contributed by atoms with Crippen molar-refractivity contribution in [3.8, 4) is 28.7 Å². The number of hydrogen-bond donors (Lipinski definition) is 1. The van der Waals surface area contributed by atoms with Gasteiger partial charge in [-0.3, -0.25) is 9.78 Å². The summed E-state index contributed by atoms with van der Waals surface area (Å²) in [6, 6.07) is 6.52. The first-order chi connectivity index (χ1) is 13.5. The van der Waals surface area contributed by atoms with E-state index in [1.807, 2.05) is 6.92 Å². The molecular weight excluding hydrogens is 362 g/mol. The second-order valence-electron chi connectivity index (χ2n) is 5.87. The average Bonchev–Trinajstić information content (AvgIpc) is 2.73. The first-order valence-electron chi connectivity index (χ1n) is 8.62. The fourth-order valence-electron chi connectivity index (χ4n) is 3.03. The second-order valence-corrected chi connectivity index (χ2v) is 5.87. The van der Waals surface area contributed by atoms with E-state index in [2.05, 4.69) is 4.98 Å². The third kappa shape index (κ3) is 3.26. The molecule has 0 atom stereocenters. The van der Waals surface area contributed by atoms with E-state index in [9.17, 15) is 9.90 Å². The zero-order valence-corrected chi connectivity index (χ0v) is 16.1. The van der Waals surface area contributed by atoms with Crippen LogP contribution in [0.2, 0.25) is 0 Å². The Hall–Kier alpha value is -3.48. The van der Waals surface area contributed by atoms with Crippen LogP contribution in [-0.4, -0.2) is 43.8 Å². The predicted molar refractivity (Wildman–Crippen MR) is 104 cm³/mol. The highest BCUT2D eigenvalue weighted by atomic mass is 16.5. The Bertz CT molecular complexity index is 1010. The summed E-state index contributed by atoms with van der Waals surface area (Å²) in [5.74, 6) is 1.15. The van der Waals surface area contributed by atoms with Gasteiger partial charge < -0.3 is 24.1 Å². The molecule has 0 aliphatic carbocycles. The number of phenolic OH excluding ortho intramolecular Hbond substituents is 1. The number of carbonyl (C=O) groups is 1. The third-order valence-corrected chi connectivity index (χ3v) is 4.35. The largest absolute Gasteiger partial charge is 0.504 e. The van der Waals surface area contributed by atoms with Crippen molar-refractivity contribution >= 4 is 16.6 Å². The van der Waals surface area contributed by atoms with Gasteiger partial charge in [0.1, 0.15) is 0 Å². The van der Waals surface area contributed by atoms with Crippen LogP contribution in [-0.2, 0) is 0 Å². The minimum absolute atomic E-state index is 0.0496. The Morgan fingerprint density at radius 1 is 0.964 bits per heavy atom. The number of hydrogen-bond acceptors (Lipinski definition) is 7. The molecule has 146 valence electrons. The van der Waals surface area contributed by atoms with Gasteiger partial charge in [0.05, 0.1) is 27.9 Å². The van der Waals surface area contributed by atoms with Crippen LogP contribution in [0.1, 0.15) is 22.8 Å². The minimum Gasteiger partial charge on any atom is -0.504 e. The number of ether oxygens (including phenoxy) is 4. The number of rotatable bonds is 7. The molecule has 7 nitrogen and oxygen atoms in total. The highest BCUT2D eigenvalue weighted by Gasteiger charge is 2.21. The first-order valence-corrected chi connectivity index (χ1v) is 8.62.